The zero-order valence-corrected chi connectivity index (χ0v) is 17.5. The monoisotopic (exact) mass is 415 g/mol. The lowest BCUT2D eigenvalue weighted by molar-refractivity contribution is -0.137. The van der Waals surface area contributed by atoms with Crippen molar-refractivity contribution in [2.24, 2.45) is 0 Å². The predicted octanol–water partition coefficient (Wildman–Crippen LogP) is 5.16. The van der Waals surface area contributed by atoms with Crippen LogP contribution in [0.1, 0.15) is 31.4 Å². The molecule has 4 nitrogen and oxygen atoms in total. The van der Waals surface area contributed by atoms with E-state index < -0.39 is 0 Å². The third kappa shape index (κ3) is 4.26. The molecule has 0 atom stereocenters. The number of benzene rings is 2. The SMILES string of the molecule is CCCOc1ccc(C2=C(SCC)C(=O)N(Cc3ccccc3Cl)C2=O)cc1. The molecular weight excluding hydrogens is 394 g/mol. The minimum Gasteiger partial charge on any atom is -0.494 e. The van der Waals surface area contributed by atoms with Gasteiger partial charge in [-0.2, -0.15) is 0 Å². The minimum absolute atomic E-state index is 0.159. The number of halogens is 1. The van der Waals surface area contributed by atoms with E-state index in [9.17, 15) is 9.59 Å². The molecule has 0 saturated carbocycles. The Morgan fingerprint density at radius 3 is 2.36 bits per heavy atom. The highest BCUT2D eigenvalue weighted by Gasteiger charge is 2.39. The van der Waals surface area contributed by atoms with E-state index in [1.165, 1.54) is 16.7 Å². The molecule has 0 N–H and O–H groups in total. The minimum atomic E-state index is -0.289. The van der Waals surface area contributed by atoms with Crippen molar-refractivity contribution < 1.29 is 14.3 Å². The largest absolute Gasteiger partial charge is 0.494 e. The van der Waals surface area contributed by atoms with E-state index in [4.69, 9.17) is 16.3 Å². The van der Waals surface area contributed by atoms with Crippen LogP contribution < -0.4 is 4.74 Å². The molecule has 0 spiro atoms. The van der Waals surface area contributed by atoms with E-state index in [0.29, 0.717) is 27.9 Å². The Balaban J connectivity index is 1.90. The Labute approximate surface area is 174 Å². The summed E-state index contributed by atoms with van der Waals surface area (Å²) in [4.78, 5) is 27.9. The Morgan fingerprint density at radius 2 is 1.71 bits per heavy atom. The first-order chi connectivity index (χ1) is 13.6. The van der Waals surface area contributed by atoms with Crippen LogP contribution in [0.3, 0.4) is 0 Å². The molecule has 146 valence electrons. The number of carbonyl (C=O) groups is 2. The Morgan fingerprint density at radius 1 is 1.00 bits per heavy atom. The molecule has 2 amide bonds. The van der Waals surface area contributed by atoms with Crippen molar-refractivity contribution >= 4 is 40.8 Å². The van der Waals surface area contributed by atoms with Gasteiger partial charge in [0.15, 0.2) is 0 Å². The molecule has 1 aliphatic heterocycles. The number of hydrogen-bond acceptors (Lipinski definition) is 4. The molecule has 0 radical (unpaired) electrons. The van der Waals surface area contributed by atoms with Crippen LogP contribution in [-0.2, 0) is 16.1 Å². The summed E-state index contributed by atoms with van der Waals surface area (Å²) in [7, 11) is 0. The molecule has 0 aromatic heterocycles. The van der Waals surface area contributed by atoms with Crippen LogP contribution in [0.5, 0.6) is 5.75 Å². The number of thioether (sulfide) groups is 1. The summed E-state index contributed by atoms with van der Waals surface area (Å²) in [5, 5.41) is 0.540. The molecule has 0 fully saturated rings. The van der Waals surface area contributed by atoms with Crippen molar-refractivity contribution in [1.82, 2.24) is 4.90 Å². The maximum atomic E-state index is 13.1. The van der Waals surface area contributed by atoms with Crippen LogP contribution in [0.25, 0.3) is 5.57 Å². The molecule has 0 bridgehead atoms. The molecule has 0 unspecified atom stereocenters. The topological polar surface area (TPSA) is 46.6 Å². The van der Waals surface area contributed by atoms with Crippen molar-refractivity contribution in [3.8, 4) is 5.75 Å². The fourth-order valence-electron chi connectivity index (χ4n) is 2.96. The van der Waals surface area contributed by atoms with Crippen molar-refractivity contribution in [1.29, 1.82) is 0 Å². The van der Waals surface area contributed by atoms with E-state index in [0.717, 1.165) is 23.3 Å². The summed E-state index contributed by atoms with van der Waals surface area (Å²) in [6.45, 7) is 4.81. The lowest BCUT2D eigenvalue weighted by Crippen LogP contribution is -2.31. The van der Waals surface area contributed by atoms with Crippen LogP contribution in [0.4, 0.5) is 0 Å². The predicted molar refractivity (Wildman–Crippen MR) is 114 cm³/mol. The maximum Gasteiger partial charge on any atom is 0.268 e. The number of nitrogens with zero attached hydrogens (tertiary/aromatic N) is 1. The van der Waals surface area contributed by atoms with Gasteiger partial charge >= 0.3 is 0 Å². The van der Waals surface area contributed by atoms with Crippen LogP contribution in [0.15, 0.2) is 53.4 Å². The second-order valence-corrected chi connectivity index (χ2v) is 7.98. The number of ether oxygens (including phenoxy) is 1. The number of amides is 2. The lowest BCUT2D eigenvalue weighted by Gasteiger charge is -2.16. The highest BCUT2D eigenvalue weighted by atomic mass is 35.5. The van der Waals surface area contributed by atoms with Crippen molar-refractivity contribution in [3.05, 3.63) is 69.6 Å². The molecule has 1 heterocycles. The number of rotatable bonds is 8. The van der Waals surface area contributed by atoms with Crippen LogP contribution in [0.2, 0.25) is 5.02 Å². The number of hydrogen-bond donors (Lipinski definition) is 0. The van der Waals surface area contributed by atoms with Gasteiger partial charge in [0.05, 0.1) is 23.6 Å². The first kappa shape index (κ1) is 20.5. The summed E-state index contributed by atoms with van der Waals surface area (Å²) < 4.78 is 5.61. The van der Waals surface area contributed by atoms with Gasteiger partial charge in [0.25, 0.3) is 11.8 Å². The van der Waals surface area contributed by atoms with E-state index in [1.54, 1.807) is 6.07 Å². The Bertz CT molecular complexity index is 908. The normalized spacial score (nSPS) is 14.2. The van der Waals surface area contributed by atoms with Crippen LogP contribution in [-0.4, -0.2) is 29.1 Å². The zero-order valence-electron chi connectivity index (χ0n) is 15.9. The average Bonchev–Trinajstić information content (AvgIpc) is 2.93. The van der Waals surface area contributed by atoms with Gasteiger partial charge in [-0.05, 0) is 41.5 Å². The van der Waals surface area contributed by atoms with Gasteiger partial charge in [-0.15, -0.1) is 11.8 Å². The number of carbonyl (C=O) groups excluding carboxylic acids is 2. The van der Waals surface area contributed by atoms with Gasteiger partial charge in [-0.1, -0.05) is 55.8 Å². The highest BCUT2D eigenvalue weighted by molar-refractivity contribution is 8.04. The highest BCUT2D eigenvalue weighted by Crippen LogP contribution is 2.37. The molecule has 6 heteroatoms. The van der Waals surface area contributed by atoms with Crippen molar-refractivity contribution in [3.63, 3.8) is 0 Å². The van der Waals surface area contributed by atoms with E-state index in [2.05, 4.69) is 0 Å². The molecule has 28 heavy (non-hydrogen) atoms. The second kappa shape index (κ2) is 9.30. The molecule has 2 aromatic rings. The summed E-state index contributed by atoms with van der Waals surface area (Å²) in [6, 6.07) is 14.6. The standard InChI is InChI=1S/C22H22ClNO3S/c1-3-13-27-17-11-9-15(10-12-17)19-20(28-4-2)22(26)24(21(19)25)14-16-7-5-6-8-18(16)23/h5-12H,3-4,13-14H2,1-2H3. The van der Waals surface area contributed by atoms with Gasteiger partial charge in [0, 0.05) is 5.02 Å². The quantitative estimate of drug-likeness (QED) is 0.558. The smallest absolute Gasteiger partial charge is 0.268 e. The molecule has 0 saturated heterocycles. The third-order valence-corrected chi connectivity index (χ3v) is 5.64. The summed E-state index contributed by atoms with van der Waals surface area (Å²) in [6.07, 6.45) is 0.925. The first-order valence-corrected chi connectivity index (χ1v) is 10.6. The van der Waals surface area contributed by atoms with Crippen molar-refractivity contribution in [2.45, 2.75) is 26.8 Å². The molecule has 1 aliphatic rings. The fourth-order valence-corrected chi connectivity index (χ4v) is 4.03. The molecule has 2 aromatic carbocycles. The third-order valence-electron chi connectivity index (χ3n) is 4.32. The molecule has 3 rings (SSSR count). The van der Waals surface area contributed by atoms with E-state index in [-0.39, 0.29) is 18.4 Å². The van der Waals surface area contributed by atoms with Gasteiger partial charge in [-0.25, -0.2) is 0 Å². The van der Waals surface area contributed by atoms with Crippen molar-refractivity contribution in [2.75, 3.05) is 12.4 Å². The molecular formula is C22H22ClNO3S. The summed E-state index contributed by atoms with van der Waals surface area (Å²) in [5.41, 5.74) is 1.92. The fraction of sp³-hybridized carbons (Fsp3) is 0.273. The van der Waals surface area contributed by atoms with Crippen LogP contribution in [0, 0.1) is 0 Å². The number of imide groups is 1. The molecule has 0 aliphatic carbocycles. The maximum absolute atomic E-state index is 13.1. The lowest BCUT2D eigenvalue weighted by atomic mass is 10.1. The first-order valence-electron chi connectivity index (χ1n) is 9.26. The zero-order chi connectivity index (χ0) is 20.1. The van der Waals surface area contributed by atoms with Gasteiger partial charge in [-0.3, -0.25) is 14.5 Å². The Kier molecular flexibility index (Phi) is 6.81. The Hall–Kier alpha value is -2.24. The van der Waals surface area contributed by atoms with Gasteiger partial charge in [0.2, 0.25) is 0 Å². The van der Waals surface area contributed by atoms with Gasteiger partial charge in [0.1, 0.15) is 5.75 Å². The summed E-state index contributed by atoms with van der Waals surface area (Å²) >= 11 is 7.62. The summed E-state index contributed by atoms with van der Waals surface area (Å²) in [5.74, 6) is 0.900. The van der Waals surface area contributed by atoms with Gasteiger partial charge < -0.3 is 4.74 Å². The van der Waals surface area contributed by atoms with E-state index >= 15 is 0 Å². The average molecular weight is 416 g/mol. The van der Waals surface area contributed by atoms with Crippen LogP contribution >= 0.6 is 23.4 Å². The second-order valence-electron chi connectivity index (χ2n) is 6.30. The van der Waals surface area contributed by atoms with E-state index in [1.807, 2.05) is 56.3 Å².